The molecule has 0 aromatic rings. The second-order valence-electron chi connectivity index (χ2n) is 3.58. The molecule has 1 heterocycles. The van der Waals surface area contributed by atoms with E-state index in [4.69, 9.17) is 10.6 Å². The van der Waals surface area contributed by atoms with Gasteiger partial charge in [-0.2, -0.15) is 0 Å². The summed E-state index contributed by atoms with van der Waals surface area (Å²) in [4.78, 5) is 28.9. The number of ether oxygens (including phenoxy) is 1. The summed E-state index contributed by atoms with van der Waals surface area (Å²) < 4.78 is 5.24. The van der Waals surface area contributed by atoms with Crippen molar-refractivity contribution in [3.63, 3.8) is 0 Å². The number of hydrogen-bond acceptors (Lipinski definition) is 7. The zero-order valence-electron chi connectivity index (χ0n) is 9.77. The van der Waals surface area contributed by atoms with Gasteiger partial charge >= 0.3 is 5.97 Å². The van der Waals surface area contributed by atoms with Gasteiger partial charge in [0.05, 0.1) is 19.6 Å². The van der Waals surface area contributed by atoms with Gasteiger partial charge in [0.2, 0.25) is 5.91 Å². The van der Waals surface area contributed by atoms with Gasteiger partial charge < -0.3 is 14.9 Å². The van der Waals surface area contributed by atoms with Gasteiger partial charge in [0.25, 0.3) is 0 Å². The fraction of sp³-hybridized carbons (Fsp3) is 0.778. The van der Waals surface area contributed by atoms with Crippen molar-refractivity contribution in [1.29, 1.82) is 0 Å². The lowest BCUT2D eigenvalue weighted by molar-refractivity contribution is -0.152. The highest BCUT2D eigenvalue weighted by molar-refractivity contribution is 5.81. The standard InChI is InChI=1S/C9H18N4O4/c1-11-9(15)7-6-16-5-4-13(7)3-2-8(14)17-12-10/h7,12H,2-6,10H2,1H3,(H,11,15). The topological polar surface area (TPSA) is 106 Å². The Labute approximate surface area is 99.3 Å². The fourth-order valence-electron chi connectivity index (χ4n) is 1.67. The molecular formula is C9H18N4O4. The van der Waals surface area contributed by atoms with Crippen LogP contribution in [0.5, 0.6) is 0 Å². The van der Waals surface area contributed by atoms with Crippen molar-refractivity contribution < 1.29 is 19.2 Å². The molecule has 1 aliphatic heterocycles. The highest BCUT2D eigenvalue weighted by Gasteiger charge is 2.28. The average molecular weight is 246 g/mol. The Morgan fingerprint density at radius 2 is 2.35 bits per heavy atom. The number of morpholine rings is 1. The maximum Gasteiger partial charge on any atom is 0.327 e. The first-order valence-corrected chi connectivity index (χ1v) is 5.37. The summed E-state index contributed by atoms with van der Waals surface area (Å²) in [7, 11) is 1.57. The molecule has 0 bridgehead atoms. The first-order chi connectivity index (χ1) is 8.19. The highest BCUT2D eigenvalue weighted by Crippen LogP contribution is 2.07. The number of nitrogens with zero attached hydrogens (tertiary/aromatic N) is 1. The molecule has 0 saturated carbocycles. The lowest BCUT2D eigenvalue weighted by Gasteiger charge is -2.33. The number of amides is 1. The lowest BCUT2D eigenvalue weighted by Crippen LogP contribution is -2.53. The summed E-state index contributed by atoms with van der Waals surface area (Å²) in [6.45, 7) is 1.94. The monoisotopic (exact) mass is 246 g/mol. The van der Waals surface area contributed by atoms with Gasteiger partial charge in [0.1, 0.15) is 6.04 Å². The molecule has 0 radical (unpaired) electrons. The van der Waals surface area contributed by atoms with Crippen LogP contribution in [0, 0.1) is 0 Å². The quantitative estimate of drug-likeness (QED) is 0.371. The molecule has 0 aromatic carbocycles. The molecule has 4 N–H and O–H groups in total. The van der Waals surface area contributed by atoms with Crippen LogP contribution in [0.1, 0.15) is 6.42 Å². The van der Waals surface area contributed by atoms with Crippen LogP contribution in [0.4, 0.5) is 0 Å². The Morgan fingerprint density at radius 3 is 3.00 bits per heavy atom. The number of hydrazine groups is 1. The Balaban J connectivity index is 2.42. The van der Waals surface area contributed by atoms with Crippen LogP contribution < -0.4 is 16.7 Å². The second-order valence-corrected chi connectivity index (χ2v) is 3.58. The number of carbonyl (C=O) groups excluding carboxylic acids is 2. The van der Waals surface area contributed by atoms with E-state index in [0.29, 0.717) is 26.3 Å². The number of likely N-dealkylation sites (N-methyl/N-ethyl adjacent to an activating group) is 1. The van der Waals surface area contributed by atoms with Crippen LogP contribution in [0.3, 0.4) is 0 Å². The molecule has 0 aliphatic carbocycles. The minimum atomic E-state index is -0.463. The molecule has 1 unspecified atom stereocenters. The normalized spacial score (nSPS) is 20.9. The first kappa shape index (κ1) is 13.8. The van der Waals surface area contributed by atoms with Crippen LogP contribution in [0.2, 0.25) is 0 Å². The predicted molar refractivity (Wildman–Crippen MR) is 58.3 cm³/mol. The van der Waals surface area contributed by atoms with Crippen LogP contribution in [-0.2, 0) is 19.2 Å². The van der Waals surface area contributed by atoms with Gasteiger partial charge in [-0.25, -0.2) is 5.84 Å². The average Bonchev–Trinajstić information content (AvgIpc) is 2.36. The lowest BCUT2D eigenvalue weighted by atomic mass is 10.2. The van der Waals surface area contributed by atoms with E-state index in [1.165, 1.54) is 0 Å². The summed E-state index contributed by atoms with van der Waals surface area (Å²) in [5.41, 5.74) is 1.83. The minimum absolute atomic E-state index is 0.116. The molecule has 0 spiro atoms. The maximum atomic E-state index is 11.6. The Bertz CT molecular complexity index is 274. The zero-order valence-corrected chi connectivity index (χ0v) is 9.77. The van der Waals surface area contributed by atoms with E-state index in [1.807, 2.05) is 10.5 Å². The third-order valence-electron chi connectivity index (χ3n) is 2.56. The number of hydrogen-bond donors (Lipinski definition) is 3. The van der Waals surface area contributed by atoms with E-state index >= 15 is 0 Å². The van der Waals surface area contributed by atoms with Crippen molar-refractivity contribution in [3.8, 4) is 0 Å². The van der Waals surface area contributed by atoms with E-state index in [9.17, 15) is 9.59 Å². The summed E-state index contributed by atoms with van der Waals surface area (Å²) in [6.07, 6.45) is 0.164. The Hall–Kier alpha value is -1.22. The number of nitrogens with two attached hydrogens (primary N) is 1. The van der Waals surface area contributed by atoms with Gasteiger partial charge in [-0.15, -0.1) is 0 Å². The number of rotatable bonds is 5. The molecule has 0 aromatic heterocycles. The Morgan fingerprint density at radius 1 is 1.59 bits per heavy atom. The van der Waals surface area contributed by atoms with Crippen LogP contribution >= 0.6 is 0 Å². The van der Waals surface area contributed by atoms with E-state index in [-0.39, 0.29) is 18.4 Å². The number of nitrogens with one attached hydrogen (secondary N) is 2. The maximum absolute atomic E-state index is 11.6. The van der Waals surface area contributed by atoms with Crippen molar-refractivity contribution in [3.05, 3.63) is 0 Å². The molecule has 98 valence electrons. The van der Waals surface area contributed by atoms with E-state index < -0.39 is 5.97 Å². The van der Waals surface area contributed by atoms with E-state index in [1.54, 1.807) is 7.05 Å². The molecule has 1 aliphatic rings. The summed E-state index contributed by atoms with van der Waals surface area (Å²) >= 11 is 0. The van der Waals surface area contributed by atoms with Crippen molar-refractivity contribution in [2.75, 3.05) is 33.4 Å². The predicted octanol–water partition coefficient (Wildman–Crippen LogP) is -2.26. The van der Waals surface area contributed by atoms with Crippen molar-refractivity contribution >= 4 is 11.9 Å². The molecule has 1 saturated heterocycles. The van der Waals surface area contributed by atoms with E-state index in [2.05, 4.69) is 10.2 Å². The van der Waals surface area contributed by atoms with Gasteiger partial charge in [-0.1, -0.05) is 5.59 Å². The molecule has 8 nitrogen and oxygen atoms in total. The van der Waals surface area contributed by atoms with Crippen LogP contribution in [0.15, 0.2) is 0 Å². The zero-order chi connectivity index (χ0) is 12.7. The number of carbonyl (C=O) groups is 2. The largest absolute Gasteiger partial charge is 0.378 e. The second kappa shape index (κ2) is 7.17. The fourth-order valence-corrected chi connectivity index (χ4v) is 1.67. The third-order valence-corrected chi connectivity index (χ3v) is 2.56. The van der Waals surface area contributed by atoms with Gasteiger partial charge in [0.15, 0.2) is 0 Å². The van der Waals surface area contributed by atoms with Gasteiger partial charge in [-0.05, 0) is 0 Å². The first-order valence-electron chi connectivity index (χ1n) is 5.37. The molecule has 1 atom stereocenters. The third kappa shape index (κ3) is 4.27. The summed E-state index contributed by atoms with van der Waals surface area (Å²) in [5.74, 6) is 4.27. The van der Waals surface area contributed by atoms with E-state index in [0.717, 1.165) is 0 Å². The molecule has 17 heavy (non-hydrogen) atoms. The van der Waals surface area contributed by atoms with Crippen molar-refractivity contribution in [1.82, 2.24) is 15.8 Å². The highest BCUT2D eigenvalue weighted by atomic mass is 16.7. The smallest absolute Gasteiger partial charge is 0.327 e. The minimum Gasteiger partial charge on any atom is -0.378 e. The van der Waals surface area contributed by atoms with Gasteiger partial charge in [-0.3, -0.25) is 14.5 Å². The molecule has 1 fully saturated rings. The Kier molecular flexibility index (Phi) is 5.84. The summed E-state index contributed by atoms with van der Waals surface area (Å²) in [6, 6.07) is -0.354. The van der Waals surface area contributed by atoms with Crippen molar-refractivity contribution in [2.24, 2.45) is 5.84 Å². The van der Waals surface area contributed by atoms with Crippen LogP contribution in [-0.4, -0.2) is 56.2 Å². The van der Waals surface area contributed by atoms with Crippen molar-refractivity contribution in [2.45, 2.75) is 12.5 Å². The summed E-state index contributed by atoms with van der Waals surface area (Å²) in [5, 5.41) is 2.57. The van der Waals surface area contributed by atoms with Gasteiger partial charge in [0, 0.05) is 20.1 Å². The molecule has 1 rings (SSSR count). The molecule has 8 heteroatoms. The SMILES string of the molecule is CNC(=O)C1COCCN1CCC(=O)ONN. The molecule has 1 amide bonds. The van der Waals surface area contributed by atoms with Crippen LogP contribution in [0.25, 0.3) is 0 Å². The molecular weight excluding hydrogens is 228 g/mol.